The Kier molecular flexibility index (Phi) is 47.1. The van der Waals surface area contributed by atoms with Gasteiger partial charge < -0.3 is 9.47 Å². The van der Waals surface area contributed by atoms with Crippen molar-refractivity contribution < 1.29 is 19.1 Å². The molecule has 322 valence electrons. The van der Waals surface area contributed by atoms with Crippen molar-refractivity contribution in [3.05, 3.63) is 0 Å². The highest BCUT2D eigenvalue weighted by molar-refractivity contribution is 5.69. The Bertz CT molecular complexity index is 661. The monoisotopic (exact) mass is 763 g/mol. The largest absolute Gasteiger partial charge is 0.466 e. The fourth-order valence-electron chi connectivity index (χ4n) is 7.77. The van der Waals surface area contributed by atoms with Gasteiger partial charge in [0.05, 0.1) is 13.2 Å². The van der Waals surface area contributed by atoms with Crippen LogP contribution < -0.4 is 0 Å². The van der Waals surface area contributed by atoms with Crippen LogP contribution in [0.25, 0.3) is 0 Å². The molecular formula is C50H98O4. The maximum atomic E-state index is 12.0. The highest BCUT2D eigenvalue weighted by Gasteiger charge is 2.05. The first-order valence-electron chi connectivity index (χ1n) is 25.0. The zero-order valence-corrected chi connectivity index (χ0v) is 37.2. The van der Waals surface area contributed by atoms with Gasteiger partial charge in [0.1, 0.15) is 0 Å². The predicted octanol–water partition coefficient (Wildman–Crippen LogP) is 17.3. The lowest BCUT2D eigenvalue weighted by molar-refractivity contribution is -0.144. The van der Waals surface area contributed by atoms with Crippen LogP contribution in [0.5, 0.6) is 0 Å². The standard InChI is InChI=1S/C50H98O4/c1-3-5-7-9-11-13-15-17-19-21-23-25-27-29-31-35-39-43-47-53-49(51)45-41-37-33-34-38-42-46-50(52)54-48-44-40-36-32-30-28-26-24-22-20-18-16-14-12-10-8-6-4-2/h3-48H2,1-2H3. The van der Waals surface area contributed by atoms with Gasteiger partial charge in [0, 0.05) is 12.8 Å². The molecular weight excluding hydrogens is 665 g/mol. The molecule has 0 saturated carbocycles. The van der Waals surface area contributed by atoms with Crippen molar-refractivity contribution in [1.82, 2.24) is 0 Å². The van der Waals surface area contributed by atoms with Crippen molar-refractivity contribution in [2.45, 2.75) is 296 Å². The Hall–Kier alpha value is -1.06. The number of carbonyl (C=O) groups is 2. The number of hydrogen-bond acceptors (Lipinski definition) is 4. The molecule has 0 heterocycles. The predicted molar refractivity (Wildman–Crippen MR) is 236 cm³/mol. The fourth-order valence-corrected chi connectivity index (χ4v) is 7.77. The maximum Gasteiger partial charge on any atom is 0.305 e. The number of hydrogen-bond donors (Lipinski definition) is 0. The van der Waals surface area contributed by atoms with E-state index in [1.54, 1.807) is 0 Å². The van der Waals surface area contributed by atoms with Gasteiger partial charge in [-0.1, -0.05) is 258 Å². The van der Waals surface area contributed by atoms with Gasteiger partial charge in [-0.05, 0) is 25.7 Å². The lowest BCUT2D eigenvalue weighted by Gasteiger charge is -2.06. The van der Waals surface area contributed by atoms with E-state index >= 15 is 0 Å². The van der Waals surface area contributed by atoms with Gasteiger partial charge in [-0.3, -0.25) is 9.59 Å². The average Bonchev–Trinajstić information content (AvgIpc) is 3.17. The molecule has 0 rings (SSSR count). The summed E-state index contributed by atoms with van der Waals surface area (Å²) in [5.41, 5.74) is 0. The van der Waals surface area contributed by atoms with E-state index < -0.39 is 0 Å². The third-order valence-corrected chi connectivity index (χ3v) is 11.5. The molecule has 0 aromatic carbocycles. The van der Waals surface area contributed by atoms with Crippen molar-refractivity contribution in [2.75, 3.05) is 13.2 Å². The minimum atomic E-state index is -0.0282. The van der Waals surface area contributed by atoms with Crippen LogP contribution in [0.1, 0.15) is 296 Å². The number of ether oxygens (including phenoxy) is 2. The molecule has 0 bridgehead atoms. The van der Waals surface area contributed by atoms with Crippen LogP contribution in [0.2, 0.25) is 0 Å². The smallest absolute Gasteiger partial charge is 0.305 e. The molecule has 0 fully saturated rings. The number of carbonyl (C=O) groups excluding carboxylic acids is 2. The summed E-state index contributed by atoms with van der Waals surface area (Å²) in [6.45, 7) is 5.76. The van der Waals surface area contributed by atoms with Crippen molar-refractivity contribution in [3.63, 3.8) is 0 Å². The van der Waals surface area contributed by atoms with E-state index in [1.165, 1.54) is 218 Å². The highest BCUT2D eigenvalue weighted by Crippen LogP contribution is 2.17. The molecule has 0 unspecified atom stereocenters. The van der Waals surface area contributed by atoms with Crippen molar-refractivity contribution in [2.24, 2.45) is 0 Å². The van der Waals surface area contributed by atoms with Gasteiger partial charge in [-0.25, -0.2) is 0 Å². The molecule has 0 aromatic heterocycles. The summed E-state index contributed by atoms with van der Waals surface area (Å²) in [5, 5.41) is 0. The summed E-state index contributed by atoms with van der Waals surface area (Å²) < 4.78 is 10.9. The van der Waals surface area contributed by atoms with Crippen LogP contribution in [0.15, 0.2) is 0 Å². The fraction of sp³-hybridized carbons (Fsp3) is 0.960. The summed E-state index contributed by atoms with van der Waals surface area (Å²) in [7, 11) is 0. The van der Waals surface area contributed by atoms with Crippen LogP contribution in [-0.4, -0.2) is 25.2 Å². The number of esters is 2. The Morgan fingerprint density at radius 2 is 0.407 bits per heavy atom. The molecule has 4 heteroatoms. The summed E-state index contributed by atoms with van der Waals surface area (Å²) in [5.74, 6) is -0.0564. The first-order chi connectivity index (χ1) is 26.7. The van der Waals surface area contributed by atoms with E-state index in [9.17, 15) is 9.59 Å². The molecule has 0 atom stereocenters. The van der Waals surface area contributed by atoms with Crippen molar-refractivity contribution in [3.8, 4) is 0 Å². The number of rotatable bonds is 47. The number of unbranched alkanes of at least 4 members (excludes halogenated alkanes) is 39. The van der Waals surface area contributed by atoms with Gasteiger partial charge in [-0.2, -0.15) is 0 Å². The molecule has 0 aromatic rings. The second kappa shape index (κ2) is 48.1. The lowest BCUT2D eigenvalue weighted by atomic mass is 10.0. The molecule has 4 nitrogen and oxygen atoms in total. The molecule has 0 saturated heterocycles. The van der Waals surface area contributed by atoms with Crippen molar-refractivity contribution >= 4 is 11.9 Å². The van der Waals surface area contributed by atoms with Gasteiger partial charge >= 0.3 is 11.9 Å². The second-order valence-electron chi connectivity index (χ2n) is 17.1. The van der Waals surface area contributed by atoms with E-state index in [-0.39, 0.29) is 11.9 Å². The van der Waals surface area contributed by atoms with E-state index in [0.717, 1.165) is 51.4 Å². The Morgan fingerprint density at radius 3 is 0.611 bits per heavy atom. The highest BCUT2D eigenvalue weighted by atomic mass is 16.5. The van der Waals surface area contributed by atoms with Crippen molar-refractivity contribution in [1.29, 1.82) is 0 Å². The van der Waals surface area contributed by atoms with E-state index in [4.69, 9.17) is 9.47 Å². The summed E-state index contributed by atoms with van der Waals surface area (Å²) in [4.78, 5) is 24.1. The first kappa shape index (κ1) is 52.9. The van der Waals surface area contributed by atoms with E-state index in [2.05, 4.69) is 13.8 Å². The zero-order chi connectivity index (χ0) is 39.1. The molecule has 0 radical (unpaired) electrons. The topological polar surface area (TPSA) is 52.6 Å². The molecule has 0 spiro atoms. The zero-order valence-electron chi connectivity index (χ0n) is 37.2. The summed E-state index contributed by atoms with van der Waals surface area (Å²) in [6, 6.07) is 0. The normalized spacial score (nSPS) is 11.4. The first-order valence-corrected chi connectivity index (χ1v) is 25.0. The second-order valence-corrected chi connectivity index (χ2v) is 17.1. The molecule has 0 aliphatic carbocycles. The van der Waals surface area contributed by atoms with E-state index in [0.29, 0.717) is 26.1 Å². The molecule has 0 aliphatic rings. The van der Waals surface area contributed by atoms with Crippen LogP contribution in [0, 0.1) is 0 Å². The maximum absolute atomic E-state index is 12.0. The van der Waals surface area contributed by atoms with Crippen LogP contribution in [0.4, 0.5) is 0 Å². The van der Waals surface area contributed by atoms with Crippen LogP contribution in [-0.2, 0) is 19.1 Å². The minimum absolute atomic E-state index is 0.0282. The molecule has 54 heavy (non-hydrogen) atoms. The average molecular weight is 763 g/mol. The van der Waals surface area contributed by atoms with Gasteiger partial charge in [0.25, 0.3) is 0 Å². The third-order valence-electron chi connectivity index (χ3n) is 11.5. The van der Waals surface area contributed by atoms with Crippen LogP contribution in [0.3, 0.4) is 0 Å². The molecule has 0 amide bonds. The quantitative estimate of drug-likeness (QED) is 0.0458. The minimum Gasteiger partial charge on any atom is -0.466 e. The van der Waals surface area contributed by atoms with Gasteiger partial charge in [0.2, 0.25) is 0 Å². The molecule has 0 aliphatic heterocycles. The van der Waals surface area contributed by atoms with Gasteiger partial charge in [0.15, 0.2) is 0 Å². The van der Waals surface area contributed by atoms with Gasteiger partial charge in [-0.15, -0.1) is 0 Å². The summed E-state index contributed by atoms with van der Waals surface area (Å²) >= 11 is 0. The van der Waals surface area contributed by atoms with E-state index in [1.807, 2.05) is 0 Å². The lowest BCUT2D eigenvalue weighted by Crippen LogP contribution is -2.06. The summed E-state index contributed by atoms with van der Waals surface area (Å²) in [6.07, 6.45) is 56.6. The third kappa shape index (κ3) is 47.1. The Balaban J connectivity index is 3.23. The Labute approximate surface area is 339 Å². The SMILES string of the molecule is CCCCCCCCCCCCCCCCCCCCOC(=O)CCCCCCCCC(=O)OCCCCCCCCCCCCCCCCCCCC. The molecule has 0 N–H and O–H groups in total. The Morgan fingerprint density at radius 1 is 0.241 bits per heavy atom. The van der Waals surface area contributed by atoms with Crippen LogP contribution >= 0.6 is 0 Å².